The molecule has 1 N–H and O–H groups in total. The highest BCUT2D eigenvalue weighted by Gasteiger charge is 2.46. The number of esters is 1. The number of thioether (sulfide) groups is 1. The predicted octanol–water partition coefficient (Wildman–Crippen LogP) is 2.13. The third kappa shape index (κ3) is 5.07. The van der Waals surface area contributed by atoms with Gasteiger partial charge in [0, 0.05) is 11.4 Å². The number of nitrogens with zero attached hydrogens (tertiary/aromatic N) is 2. The molecule has 1 heterocycles. The van der Waals surface area contributed by atoms with Crippen molar-refractivity contribution in [2.45, 2.75) is 24.2 Å². The third-order valence-electron chi connectivity index (χ3n) is 4.96. The summed E-state index contributed by atoms with van der Waals surface area (Å²) in [6.07, 6.45) is 4.74. The number of carbonyl (C=O) groups is 4. The van der Waals surface area contributed by atoms with Crippen molar-refractivity contribution in [2.24, 2.45) is 11.8 Å². The van der Waals surface area contributed by atoms with Crippen molar-refractivity contribution in [1.29, 1.82) is 5.26 Å². The molecule has 1 aliphatic heterocycles. The highest BCUT2D eigenvalue weighted by atomic mass is 32.2. The molecule has 3 rings (SSSR count). The molecule has 2 atom stereocenters. The van der Waals surface area contributed by atoms with E-state index >= 15 is 0 Å². The number of nitrogens with one attached hydrogen (secondary N) is 1. The van der Waals surface area contributed by atoms with Gasteiger partial charge in [-0.2, -0.15) is 5.26 Å². The second-order valence-corrected chi connectivity index (χ2v) is 7.90. The Morgan fingerprint density at radius 2 is 1.83 bits per heavy atom. The minimum atomic E-state index is -0.661. The van der Waals surface area contributed by atoms with Crippen molar-refractivity contribution >= 4 is 41.1 Å². The van der Waals surface area contributed by atoms with E-state index < -0.39 is 18.5 Å². The first-order chi connectivity index (χ1) is 14.5. The Morgan fingerprint density at radius 3 is 2.50 bits per heavy atom. The van der Waals surface area contributed by atoms with Crippen LogP contribution in [0.3, 0.4) is 0 Å². The van der Waals surface area contributed by atoms with Crippen molar-refractivity contribution in [1.82, 2.24) is 4.90 Å². The fourth-order valence-corrected chi connectivity index (χ4v) is 4.17. The van der Waals surface area contributed by atoms with Gasteiger partial charge in [-0.15, -0.1) is 11.8 Å². The number of para-hydroxylation sites is 1. The molecule has 1 saturated heterocycles. The molecule has 0 saturated carbocycles. The maximum absolute atomic E-state index is 12.4. The van der Waals surface area contributed by atoms with Crippen molar-refractivity contribution in [3.63, 3.8) is 0 Å². The number of allylic oxidation sites excluding steroid dienone is 2. The minimum absolute atomic E-state index is 0.0429. The molecule has 1 fully saturated rings. The van der Waals surface area contributed by atoms with Gasteiger partial charge in [0.25, 0.3) is 5.91 Å². The van der Waals surface area contributed by atoms with E-state index in [1.165, 1.54) is 11.8 Å². The molecule has 3 amide bonds. The van der Waals surface area contributed by atoms with Crippen LogP contribution in [0.1, 0.15) is 19.3 Å². The molecular weight excluding hydrogens is 406 g/mol. The minimum Gasteiger partial charge on any atom is -0.456 e. The van der Waals surface area contributed by atoms with Gasteiger partial charge in [-0.3, -0.25) is 24.1 Å². The Balaban J connectivity index is 1.44. The molecule has 8 nitrogen and oxygen atoms in total. The molecule has 1 aromatic carbocycles. The van der Waals surface area contributed by atoms with Gasteiger partial charge in [0.15, 0.2) is 6.61 Å². The third-order valence-corrected chi connectivity index (χ3v) is 5.90. The van der Waals surface area contributed by atoms with Gasteiger partial charge in [0.05, 0.1) is 35.8 Å². The van der Waals surface area contributed by atoms with Crippen LogP contribution in [0, 0.1) is 23.2 Å². The number of amides is 3. The van der Waals surface area contributed by atoms with E-state index in [4.69, 9.17) is 10.00 Å². The zero-order chi connectivity index (χ0) is 21.5. The molecule has 0 unspecified atom stereocenters. The molecule has 0 radical (unpaired) electrons. The van der Waals surface area contributed by atoms with Crippen LogP contribution in [0.2, 0.25) is 0 Å². The fraction of sp³-hybridized carbons (Fsp3) is 0.381. The van der Waals surface area contributed by atoms with Crippen LogP contribution < -0.4 is 5.32 Å². The lowest BCUT2D eigenvalue weighted by atomic mass is 9.85. The van der Waals surface area contributed by atoms with E-state index in [0.29, 0.717) is 18.5 Å². The summed E-state index contributed by atoms with van der Waals surface area (Å²) in [6, 6.07) is 9.03. The summed E-state index contributed by atoms with van der Waals surface area (Å²) in [4.78, 5) is 50.7. The summed E-state index contributed by atoms with van der Waals surface area (Å²) in [5.41, 5.74) is 0.531. The summed E-state index contributed by atoms with van der Waals surface area (Å²) in [7, 11) is 0. The lowest BCUT2D eigenvalue weighted by Crippen LogP contribution is -2.33. The first-order valence-electron chi connectivity index (χ1n) is 9.55. The van der Waals surface area contributed by atoms with Gasteiger partial charge < -0.3 is 10.1 Å². The summed E-state index contributed by atoms with van der Waals surface area (Å²) in [5, 5.41) is 11.4. The Hall–Kier alpha value is -3.12. The highest BCUT2D eigenvalue weighted by Crippen LogP contribution is 2.35. The standard InChI is InChI=1S/C21H21N3O5S/c22-10-12-30-17-8-4-3-7-16(17)23-18(25)13-29-19(26)9-11-24-20(27)14-5-1-2-6-15(14)21(24)28/h1-4,7-8,14-15H,5-6,9,11-13H2,(H,23,25)/t14-,15-/m1/s1. The van der Waals surface area contributed by atoms with E-state index in [2.05, 4.69) is 5.32 Å². The van der Waals surface area contributed by atoms with Crippen molar-refractivity contribution < 1.29 is 23.9 Å². The second kappa shape index (κ2) is 10.1. The van der Waals surface area contributed by atoms with Crippen LogP contribution in [-0.2, 0) is 23.9 Å². The zero-order valence-corrected chi connectivity index (χ0v) is 17.0. The number of likely N-dealkylation sites (tertiary alicyclic amines) is 1. The lowest BCUT2D eigenvalue weighted by Gasteiger charge is -2.14. The SMILES string of the molecule is N#CCSc1ccccc1NC(=O)COC(=O)CCN1C(=O)[C@@H]2CC=CC[C@H]2C1=O. The van der Waals surface area contributed by atoms with E-state index in [9.17, 15) is 19.2 Å². The Kier molecular flexibility index (Phi) is 7.25. The monoisotopic (exact) mass is 427 g/mol. The number of anilines is 1. The van der Waals surface area contributed by atoms with Gasteiger partial charge in [0.2, 0.25) is 11.8 Å². The number of fused-ring (bicyclic) bond motifs is 1. The van der Waals surface area contributed by atoms with Crippen LogP contribution in [-0.4, -0.2) is 47.5 Å². The van der Waals surface area contributed by atoms with E-state index in [1.54, 1.807) is 24.3 Å². The van der Waals surface area contributed by atoms with Crippen LogP contribution in [0.5, 0.6) is 0 Å². The summed E-state index contributed by atoms with van der Waals surface area (Å²) < 4.78 is 4.97. The predicted molar refractivity (Wildman–Crippen MR) is 109 cm³/mol. The molecule has 1 aliphatic carbocycles. The Labute approximate surface area is 178 Å². The first kappa shape index (κ1) is 21.6. The molecule has 2 aliphatic rings. The van der Waals surface area contributed by atoms with Gasteiger partial charge in [-0.05, 0) is 25.0 Å². The van der Waals surface area contributed by atoms with Crippen molar-refractivity contribution in [3.05, 3.63) is 36.4 Å². The molecule has 0 bridgehead atoms. The molecule has 0 spiro atoms. The second-order valence-electron chi connectivity index (χ2n) is 6.89. The molecule has 156 valence electrons. The van der Waals surface area contributed by atoms with Crippen LogP contribution >= 0.6 is 11.8 Å². The summed E-state index contributed by atoms with van der Waals surface area (Å²) >= 11 is 1.29. The number of imide groups is 1. The maximum Gasteiger partial charge on any atom is 0.308 e. The first-order valence-corrected chi connectivity index (χ1v) is 10.5. The van der Waals surface area contributed by atoms with Gasteiger partial charge >= 0.3 is 5.97 Å². The average molecular weight is 427 g/mol. The normalized spacial score (nSPS) is 19.9. The quantitative estimate of drug-likeness (QED) is 0.292. The maximum atomic E-state index is 12.4. The van der Waals surface area contributed by atoms with Crippen molar-refractivity contribution in [2.75, 3.05) is 24.2 Å². The largest absolute Gasteiger partial charge is 0.456 e. The summed E-state index contributed by atoms with van der Waals surface area (Å²) in [5.74, 6) is -2.08. The smallest absolute Gasteiger partial charge is 0.308 e. The van der Waals surface area contributed by atoms with Crippen LogP contribution in [0.4, 0.5) is 5.69 Å². The van der Waals surface area contributed by atoms with Gasteiger partial charge in [-0.1, -0.05) is 24.3 Å². The number of carbonyl (C=O) groups excluding carboxylic acids is 4. The highest BCUT2D eigenvalue weighted by molar-refractivity contribution is 7.99. The number of benzene rings is 1. The zero-order valence-electron chi connectivity index (χ0n) is 16.2. The Bertz CT molecular complexity index is 897. The van der Waals surface area contributed by atoms with E-state index in [1.807, 2.05) is 18.2 Å². The van der Waals surface area contributed by atoms with Crippen LogP contribution in [0.15, 0.2) is 41.3 Å². The fourth-order valence-electron chi connectivity index (χ4n) is 3.50. The Morgan fingerprint density at radius 1 is 1.17 bits per heavy atom. The molecule has 30 heavy (non-hydrogen) atoms. The van der Waals surface area contributed by atoms with Gasteiger partial charge in [0.1, 0.15) is 0 Å². The molecular formula is C21H21N3O5S. The number of ether oxygens (including phenoxy) is 1. The number of rotatable bonds is 8. The number of nitriles is 1. The van der Waals surface area contributed by atoms with E-state index in [0.717, 1.165) is 9.80 Å². The number of hydrogen-bond acceptors (Lipinski definition) is 7. The van der Waals surface area contributed by atoms with Crippen LogP contribution in [0.25, 0.3) is 0 Å². The summed E-state index contributed by atoms with van der Waals surface area (Å²) in [6.45, 7) is -0.522. The molecule has 0 aromatic heterocycles. The van der Waals surface area contributed by atoms with E-state index in [-0.39, 0.29) is 42.4 Å². The lowest BCUT2D eigenvalue weighted by molar-refractivity contribution is -0.148. The topological polar surface area (TPSA) is 117 Å². The van der Waals surface area contributed by atoms with Gasteiger partial charge in [-0.25, -0.2) is 0 Å². The molecule has 1 aromatic rings. The average Bonchev–Trinajstić information content (AvgIpc) is 3.00. The molecule has 9 heteroatoms. The number of hydrogen-bond donors (Lipinski definition) is 1. The van der Waals surface area contributed by atoms with Crippen molar-refractivity contribution in [3.8, 4) is 6.07 Å².